The topological polar surface area (TPSA) is 55.5 Å². The molecule has 0 amide bonds. The van der Waals surface area contributed by atoms with Gasteiger partial charge in [-0.05, 0) is 26.7 Å². The maximum Gasteiger partial charge on any atom is 0.0742 e. The van der Waals surface area contributed by atoms with Crippen LogP contribution in [0.5, 0.6) is 0 Å². The van der Waals surface area contributed by atoms with Crippen LogP contribution in [0.1, 0.15) is 26.7 Å². The zero-order valence-electron chi connectivity index (χ0n) is 7.47. The van der Waals surface area contributed by atoms with Crippen LogP contribution in [0.2, 0.25) is 0 Å². The summed E-state index contributed by atoms with van der Waals surface area (Å²) in [5, 5.41) is 9.44. The Morgan fingerprint density at radius 1 is 1.55 bits per heavy atom. The van der Waals surface area contributed by atoms with Crippen molar-refractivity contribution in [3.8, 4) is 0 Å². The molecule has 0 aromatic carbocycles. The Morgan fingerprint density at radius 2 is 2.18 bits per heavy atom. The van der Waals surface area contributed by atoms with Gasteiger partial charge in [-0.15, -0.1) is 0 Å². The van der Waals surface area contributed by atoms with E-state index in [0.29, 0.717) is 19.6 Å². The Kier molecular flexibility index (Phi) is 5.46. The zero-order valence-corrected chi connectivity index (χ0v) is 7.47. The van der Waals surface area contributed by atoms with Crippen LogP contribution in [0.25, 0.3) is 0 Å². The minimum Gasteiger partial charge on any atom is -0.389 e. The van der Waals surface area contributed by atoms with E-state index < -0.39 is 5.60 Å². The Labute approximate surface area is 68.5 Å². The number of aliphatic hydroxyl groups is 1. The molecule has 0 rings (SSSR count). The summed E-state index contributed by atoms with van der Waals surface area (Å²) in [6.45, 7) is 5.48. The Morgan fingerprint density at radius 3 is 2.64 bits per heavy atom. The molecule has 1 atom stereocenters. The van der Waals surface area contributed by atoms with Gasteiger partial charge in [-0.2, -0.15) is 0 Å². The lowest BCUT2D eigenvalue weighted by Gasteiger charge is -2.20. The summed E-state index contributed by atoms with van der Waals surface area (Å²) < 4.78 is 5.12. The van der Waals surface area contributed by atoms with E-state index in [-0.39, 0.29) is 0 Å². The molecule has 0 spiro atoms. The van der Waals surface area contributed by atoms with Crippen molar-refractivity contribution in [3.63, 3.8) is 0 Å². The van der Waals surface area contributed by atoms with Crippen LogP contribution in [-0.2, 0) is 4.74 Å². The first-order chi connectivity index (χ1) is 5.12. The van der Waals surface area contributed by atoms with E-state index in [4.69, 9.17) is 10.5 Å². The minimum absolute atomic E-state index is 0.319. The molecule has 0 fully saturated rings. The van der Waals surface area contributed by atoms with E-state index in [2.05, 4.69) is 0 Å². The summed E-state index contributed by atoms with van der Waals surface area (Å²) in [6, 6.07) is 0. The van der Waals surface area contributed by atoms with Crippen molar-refractivity contribution in [3.05, 3.63) is 0 Å². The van der Waals surface area contributed by atoms with Crippen LogP contribution in [0.15, 0.2) is 0 Å². The molecule has 0 aromatic rings. The van der Waals surface area contributed by atoms with Crippen LogP contribution in [0.4, 0.5) is 0 Å². The number of hydrogen-bond donors (Lipinski definition) is 2. The third kappa shape index (κ3) is 6.28. The molecule has 0 aliphatic rings. The molecule has 68 valence electrons. The van der Waals surface area contributed by atoms with Gasteiger partial charge in [0.25, 0.3) is 0 Å². The fourth-order valence-electron chi connectivity index (χ4n) is 0.801. The molecule has 3 heteroatoms. The van der Waals surface area contributed by atoms with Crippen LogP contribution < -0.4 is 5.73 Å². The Hall–Kier alpha value is -0.120. The number of rotatable bonds is 6. The fraction of sp³-hybridized carbons (Fsp3) is 1.00. The number of nitrogens with two attached hydrogens (primary N) is 1. The van der Waals surface area contributed by atoms with Crippen molar-refractivity contribution < 1.29 is 9.84 Å². The van der Waals surface area contributed by atoms with Crippen LogP contribution in [-0.4, -0.2) is 30.5 Å². The summed E-state index contributed by atoms with van der Waals surface area (Å²) in [6.07, 6.45) is 1.58. The normalized spacial score (nSPS) is 16.4. The minimum atomic E-state index is -0.711. The highest BCUT2D eigenvalue weighted by atomic mass is 16.5. The molecule has 3 N–H and O–H groups in total. The third-order valence-electron chi connectivity index (χ3n) is 1.65. The summed E-state index contributed by atoms with van der Waals surface area (Å²) >= 11 is 0. The second-order valence-electron chi connectivity index (χ2n) is 3.00. The summed E-state index contributed by atoms with van der Waals surface area (Å²) in [7, 11) is 0. The van der Waals surface area contributed by atoms with Crippen molar-refractivity contribution in [2.45, 2.75) is 32.3 Å². The summed E-state index contributed by atoms with van der Waals surface area (Å²) in [5.41, 5.74) is 4.62. The maximum absolute atomic E-state index is 9.44. The van der Waals surface area contributed by atoms with Crippen molar-refractivity contribution in [1.82, 2.24) is 0 Å². The van der Waals surface area contributed by atoms with Crippen molar-refractivity contribution >= 4 is 0 Å². The molecule has 0 radical (unpaired) electrons. The first-order valence-electron chi connectivity index (χ1n) is 4.12. The average Bonchev–Trinajstić information content (AvgIpc) is 1.99. The second-order valence-corrected chi connectivity index (χ2v) is 3.00. The molecule has 3 nitrogen and oxygen atoms in total. The highest BCUT2D eigenvalue weighted by Gasteiger charge is 2.16. The highest BCUT2D eigenvalue weighted by Crippen LogP contribution is 2.09. The molecule has 0 aliphatic heterocycles. The summed E-state index contributed by atoms with van der Waals surface area (Å²) in [5.74, 6) is 0. The van der Waals surface area contributed by atoms with Crippen LogP contribution in [0.3, 0.4) is 0 Å². The predicted octanol–water partition coefficient (Wildman–Crippen LogP) is 0.513. The van der Waals surface area contributed by atoms with Gasteiger partial charge in [0.2, 0.25) is 0 Å². The SMILES string of the molecule is CCOCCCC(C)(O)CN. The molecule has 0 bridgehead atoms. The van der Waals surface area contributed by atoms with E-state index >= 15 is 0 Å². The van der Waals surface area contributed by atoms with Crippen LogP contribution >= 0.6 is 0 Å². The Bertz CT molecular complexity index is 94.1. The van der Waals surface area contributed by atoms with Crippen molar-refractivity contribution in [2.75, 3.05) is 19.8 Å². The van der Waals surface area contributed by atoms with Gasteiger partial charge in [-0.25, -0.2) is 0 Å². The van der Waals surface area contributed by atoms with Gasteiger partial charge in [0.05, 0.1) is 5.60 Å². The van der Waals surface area contributed by atoms with E-state index in [9.17, 15) is 5.11 Å². The average molecular weight is 161 g/mol. The summed E-state index contributed by atoms with van der Waals surface area (Å²) in [4.78, 5) is 0. The molecule has 0 aliphatic carbocycles. The molecule has 0 heterocycles. The van der Waals surface area contributed by atoms with Crippen LogP contribution in [0, 0.1) is 0 Å². The predicted molar refractivity (Wildman–Crippen MR) is 45.4 cm³/mol. The van der Waals surface area contributed by atoms with Gasteiger partial charge in [-0.1, -0.05) is 0 Å². The van der Waals surface area contributed by atoms with Gasteiger partial charge in [0.1, 0.15) is 0 Å². The second kappa shape index (κ2) is 5.52. The zero-order chi connectivity index (χ0) is 8.74. The largest absolute Gasteiger partial charge is 0.389 e. The van der Waals surface area contributed by atoms with Gasteiger partial charge < -0.3 is 15.6 Å². The van der Waals surface area contributed by atoms with E-state index in [1.54, 1.807) is 6.92 Å². The lowest BCUT2D eigenvalue weighted by molar-refractivity contribution is 0.0448. The third-order valence-corrected chi connectivity index (χ3v) is 1.65. The standard InChI is InChI=1S/C8H19NO2/c1-3-11-6-4-5-8(2,10)7-9/h10H,3-7,9H2,1-2H3. The van der Waals surface area contributed by atoms with E-state index in [1.165, 1.54) is 0 Å². The Balaban J connectivity index is 3.23. The lowest BCUT2D eigenvalue weighted by Crippen LogP contribution is -2.34. The highest BCUT2D eigenvalue weighted by molar-refractivity contribution is 4.72. The van der Waals surface area contributed by atoms with Gasteiger partial charge >= 0.3 is 0 Å². The molecular weight excluding hydrogens is 142 g/mol. The molecule has 0 aromatic heterocycles. The monoisotopic (exact) mass is 161 g/mol. The molecule has 0 saturated carbocycles. The smallest absolute Gasteiger partial charge is 0.0742 e. The first kappa shape index (κ1) is 10.9. The fourth-order valence-corrected chi connectivity index (χ4v) is 0.801. The van der Waals surface area contributed by atoms with Crippen molar-refractivity contribution in [2.24, 2.45) is 5.73 Å². The first-order valence-corrected chi connectivity index (χ1v) is 4.12. The molecule has 11 heavy (non-hydrogen) atoms. The lowest BCUT2D eigenvalue weighted by atomic mass is 10.0. The molecular formula is C8H19NO2. The number of hydrogen-bond acceptors (Lipinski definition) is 3. The number of ether oxygens (including phenoxy) is 1. The quantitative estimate of drug-likeness (QED) is 0.558. The maximum atomic E-state index is 9.44. The van der Waals surface area contributed by atoms with Gasteiger partial charge in [0, 0.05) is 19.8 Å². The van der Waals surface area contributed by atoms with E-state index in [1.807, 2.05) is 6.92 Å². The molecule has 0 saturated heterocycles. The van der Waals surface area contributed by atoms with Gasteiger partial charge in [-0.3, -0.25) is 0 Å². The van der Waals surface area contributed by atoms with E-state index in [0.717, 1.165) is 13.0 Å². The van der Waals surface area contributed by atoms with Crippen molar-refractivity contribution in [1.29, 1.82) is 0 Å². The van der Waals surface area contributed by atoms with Gasteiger partial charge in [0.15, 0.2) is 0 Å². The molecule has 1 unspecified atom stereocenters.